The molecule has 150 valence electrons. The fourth-order valence-corrected chi connectivity index (χ4v) is 3.98. The van der Waals surface area contributed by atoms with E-state index in [1.165, 1.54) is 0 Å². The van der Waals surface area contributed by atoms with Crippen LogP contribution in [0.4, 0.5) is 5.95 Å². The Labute approximate surface area is 171 Å². The van der Waals surface area contributed by atoms with Gasteiger partial charge in [-0.25, -0.2) is 9.97 Å². The Balaban J connectivity index is 1.94. The number of carbonyl (C=O) groups is 1. The molecular formula is C21H28ClN5O. The van der Waals surface area contributed by atoms with Gasteiger partial charge < -0.3 is 10.6 Å². The summed E-state index contributed by atoms with van der Waals surface area (Å²) in [4.78, 5) is 25.7. The van der Waals surface area contributed by atoms with Gasteiger partial charge in [0.2, 0.25) is 11.9 Å². The number of hydrogen-bond donors (Lipinski definition) is 1. The number of likely N-dealkylation sites (tertiary alicyclic amines) is 1. The van der Waals surface area contributed by atoms with Gasteiger partial charge in [0.25, 0.3) is 0 Å². The lowest BCUT2D eigenvalue weighted by Gasteiger charge is -2.36. The van der Waals surface area contributed by atoms with Gasteiger partial charge >= 0.3 is 0 Å². The Hall–Kier alpha value is -2.18. The molecule has 0 radical (unpaired) electrons. The van der Waals surface area contributed by atoms with Crippen LogP contribution in [-0.4, -0.2) is 51.9 Å². The van der Waals surface area contributed by atoms with Crippen LogP contribution in [0, 0.1) is 0 Å². The van der Waals surface area contributed by atoms with Gasteiger partial charge in [-0.2, -0.15) is 0 Å². The molecule has 1 aliphatic heterocycles. The molecule has 2 heterocycles. The molecular weight excluding hydrogens is 374 g/mol. The molecule has 0 spiro atoms. The summed E-state index contributed by atoms with van der Waals surface area (Å²) in [5.74, 6) is 0.417. The van der Waals surface area contributed by atoms with Crippen molar-refractivity contribution in [3.05, 3.63) is 41.2 Å². The van der Waals surface area contributed by atoms with Crippen molar-refractivity contribution >= 4 is 23.5 Å². The van der Waals surface area contributed by atoms with Gasteiger partial charge in [-0.3, -0.25) is 9.69 Å². The second-order valence-corrected chi connectivity index (χ2v) is 7.52. The number of nitrogens with zero attached hydrogens (tertiary/aromatic N) is 4. The highest BCUT2D eigenvalue weighted by Gasteiger charge is 2.30. The standard InChI is InChI=1S/C21H28ClN5O/c1-3-26(4-2)19(28)14-27-12-6-5-7-18(27)20-17(13-24-21(23)25-20)15-8-10-16(22)11-9-15/h8-11,13,18H,3-7,12,14H2,1-2H3,(H2,23,24,25)/t18-/m0/s1. The maximum atomic E-state index is 12.7. The molecule has 6 nitrogen and oxygen atoms in total. The number of aromatic nitrogens is 2. The number of nitrogens with two attached hydrogens (primary N) is 1. The van der Waals surface area contributed by atoms with Gasteiger partial charge in [0.15, 0.2) is 0 Å². The van der Waals surface area contributed by atoms with Crippen molar-refractivity contribution in [1.82, 2.24) is 19.8 Å². The van der Waals surface area contributed by atoms with Crippen molar-refractivity contribution in [2.45, 2.75) is 39.2 Å². The number of likely N-dealkylation sites (N-methyl/N-ethyl adjacent to an activating group) is 1. The topological polar surface area (TPSA) is 75.4 Å². The van der Waals surface area contributed by atoms with E-state index in [1.807, 2.05) is 43.0 Å². The minimum atomic E-state index is 0.0456. The molecule has 1 aliphatic rings. The van der Waals surface area contributed by atoms with E-state index in [-0.39, 0.29) is 17.9 Å². The van der Waals surface area contributed by atoms with E-state index >= 15 is 0 Å². The van der Waals surface area contributed by atoms with Crippen LogP contribution in [-0.2, 0) is 4.79 Å². The van der Waals surface area contributed by atoms with Gasteiger partial charge in [0, 0.05) is 29.9 Å². The molecule has 2 aromatic rings. The van der Waals surface area contributed by atoms with Gasteiger partial charge in [0.05, 0.1) is 18.3 Å². The third-order valence-electron chi connectivity index (χ3n) is 5.38. The van der Waals surface area contributed by atoms with Crippen LogP contribution in [0.2, 0.25) is 5.02 Å². The fraction of sp³-hybridized carbons (Fsp3) is 0.476. The smallest absolute Gasteiger partial charge is 0.236 e. The van der Waals surface area contributed by atoms with Gasteiger partial charge in [0.1, 0.15) is 0 Å². The number of rotatable bonds is 6. The molecule has 2 N–H and O–H groups in total. The lowest BCUT2D eigenvalue weighted by atomic mass is 9.94. The van der Waals surface area contributed by atoms with Gasteiger partial charge in [-0.15, -0.1) is 0 Å². The van der Waals surface area contributed by atoms with Gasteiger partial charge in [-0.05, 0) is 50.9 Å². The van der Waals surface area contributed by atoms with Crippen molar-refractivity contribution in [3.63, 3.8) is 0 Å². The summed E-state index contributed by atoms with van der Waals surface area (Å²) in [6.07, 6.45) is 4.91. The molecule has 0 saturated carbocycles. The van der Waals surface area contributed by atoms with Crippen molar-refractivity contribution < 1.29 is 4.79 Å². The average molecular weight is 402 g/mol. The van der Waals surface area contributed by atoms with E-state index in [2.05, 4.69) is 14.9 Å². The van der Waals surface area contributed by atoms with Gasteiger partial charge in [-0.1, -0.05) is 30.2 Å². The number of halogens is 1. The molecule has 1 aromatic carbocycles. The number of piperidine rings is 1. The molecule has 0 bridgehead atoms. The number of amides is 1. The summed E-state index contributed by atoms with van der Waals surface area (Å²) >= 11 is 6.05. The summed E-state index contributed by atoms with van der Waals surface area (Å²) in [7, 11) is 0. The van der Waals surface area contributed by atoms with E-state index in [9.17, 15) is 4.79 Å². The first kappa shape index (κ1) is 20.6. The predicted molar refractivity (Wildman–Crippen MR) is 113 cm³/mol. The first-order valence-corrected chi connectivity index (χ1v) is 10.3. The third-order valence-corrected chi connectivity index (χ3v) is 5.63. The van der Waals surface area contributed by atoms with E-state index < -0.39 is 0 Å². The van der Waals surface area contributed by atoms with E-state index in [0.717, 1.165) is 55.7 Å². The molecule has 28 heavy (non-hydrogen) atoms. The Morgan fingerprint density at radius 1 is 1.25 bits per heavy atom. The maximum absolute atomic E-state index is 12.7. The lowest BCUT2D eigenvalue weighted by molar-refractivity contribution is -0.133. The minimum Gasteiger partial charge on any atom is -0.368 e. The number of nitrogen functional groups attached to an aromatic ring is 1. The van der Waals surface area contributed by atoms with Crippen molar-refractivity contribution in [2.75, 3.05) is 31.9 Å². The normalized spacial score (nSPS) is 17.5. The average Bonchev–Trinajstić information content (AvgIpc) is 2.70. The van der Waals surface area contributed by atoms with E-state index in [0.29, 0.717) is 11.6 Å². The molecule has 1 saturated heterocycles. The van der Waals surface area contributed by atoms with Crippen LogP contribution < -0.4 is 5.73 Å². The molecule has 1 atom stereocenters. The number of hydrogen-bond acceptors (Lipinski definition) is 5. The van der Waals surface area contributed by atoms with Crippen molar-refractivity contribution in [2.24, 2.45) is 0 Å². The Morgan fingerprint density at radius 2 is 1.96 bits per heavy atom. The van der Waals surface area contributed by atoms with Crippen LogP contribution in [0.15, 0.2) is 30.5 Å². The lowest BCUT2D eigenvalue weighted by Crippen LogP contribution is -2.43. The van der Waals surface area contributed by atoms with Crippen molar-refractivity contribution in [3.8, 4) is 11.1 Å². The summed E-state index contributed by atoms with van der Waals surface area (Å²) in [5.41, 5.74) is 8.77. The molecule has 0 aliphatic carbocycles. The van der Waals surface area contributed by atoms with E-state index in [1.54, 1.807) is 6.20 Å². The second kappa shape index (κ2) is 9.34. The number of anilines is 1. The minimum absolute atomic E-state index is 0.0456. The van der Waals surface area contributed by atoms with Crippen LogP contribution in [0.25, 0.3) is 11.1 Å². The predicted octanol–water partition coefficient (Wildman–Crippen LogP) is 3.77. The Bertz CT molecular complexity index is 807. The molecule has 1 fully saturated rings. The first-order valence-electron chi connectivity index (χ1n) is 9.93. The van der Waals surface area contributed by atoms with Crippen LogP contribution in [0.5, 0.6) is 0 Å². The maximum Gasteiger partial charge on any atom is 0.236 e. The van der Waals surface area contributed by atoms with Crippen LogP contribution in [0.1, 0.15) is 44.8 Å². The molecule has 1 aromatic heterocycles. The zero-order valence-corrected chi connectivity index (χ0v) is 17.3. The quantitative estimate of drug-likeness (QED) is 0.797. The highest BCUT2D eigenvalue weighted by Crippen LogP contribution is 2.36. The van der Waals surface area contributed by atoms with Crippen LogP contribution >= 0.6 is 11.6 Å². The number of benzene rings is 1. The van der Waals surface area contributed by atoms with Crippen LogP contribution in [0.3, 0.4) is 0 Å². The Kier molecular flexibility index (Phi) is 6.86. The Morgan fingerprint density at radius 3 is 2.64 bits per heavy atom. The van der Waals surface area contributed by atoms with Crippen molar-refractivity contribution in [1.29, 1.82) is 0 Å². The fourth-order valence-electron chi connectivity index (χ4n) is 3.86. The summed E-state index contributed by atoms with van der Waals surface area (Å²) in [6.45, 7) is 6.75. The highest BCUT2D eigenvalue weighted by atomic mass is 35.5. The third kappa shape index (κ3) is 4.62. The second-order valence-electron chi connectivity index (χ2n) is 7.08. The SMILES string of the molecule is CCN(CC)C(=O)CN1CCCC[C@H]1c1nc(N)ncc1-c1ccc(Cl)cc1. The molecule has 3 rings (SSSR count). The monoisotopic (exact) mass is 401 g/mol. The first-order chi connectivity index (χ1) is 13.5. The van der Waals surface area contributed by atoms with E-state index in [4.69, 9.17) is 17.3 Å². The zero-order chi connectivity index (χ0) is 20.1. The summed E-state index contributed by atoms with van der Waals surface area (Å²) < 4.78 is 0. The summed E-state index contributed by atoms with van der Waals surface area (Å²) in [5, 5.41) is 0.686. The molecule has 7 heteroatoms. The highest BCUT2D eigenvalue weighted by molar-refractivity contribution is 6.30. The zero-order valence-electron chi connectivity index (χ0n) is 16.6. The molecule has 0 unspecified atom stereocenters. The molecule has 1 amide bonds. The number of carbonyl (C=O) groups excluding carboxylic acids is 1. The summed E-state index contributed by atoms with van der Waals surface area (Å²) in [6, 6.07) is 7.70. The largest absolute Gasteiger partial charge is 0.368 e.